The molecule has 10 heteroatoms. The van der Waals surface area contributed by atoms with Crippen LogP contribution in [-0.4, -0.2) is 29.8 Å². The summed E-state index contributed by atoms with van der Waals surface area (Å²) in [6, 6.07) is 5.42. The SMILES string of the molecule is N#Cc1ccc(CNC(=O)[C@H]2CC[C@@H](NC(=O)C3(N)CCC3)CC2)c(OC(F)(F)F)c1. The summed E-state index contributed by atoms with van der Waals surface area (Å²) in [4.78, 5) is 24.7. The third kappa shape index (κ3) is 5.88. The average molecular weight is 438 g/mol. The number of rotatable bonds is 6. The number of amides is 2. The quantitative estimate of drug-likeness (QED) is 0.631. The van der Waals surface area contributed by atoms with Crippen molar-refractivity contribution in [3.05, 3.63) is 29.3 Å². The Balaban J connectivity index is 1.50. The molecular weight excluding hydrogens is 413 g/mol. The second kappa shape index (κ2) is 9.14. The van der Waals surface area contributed by atoms with Gasteiger partial charge in [0.1, 0.15) is 5.75 Å². The van der Waals surface area contributed by atoms with E-state index in [1.54, 1.807) is 6.07 Å². The molecule has 0 aliphatic heterocycles. The Bertz CT molecular complexity index is 870. The number of nitrogens with one attached hydrogen (secondary N) is 2. The monoisotopic (exact) mass is 438 g/mol. The van der Waals surface area contributed by atoms with Gasteiger partial charge in [0, 0.05) is 24.1 Å². The van der Waals surface area contributed by atoms with Crippen molar-refractivity contribution in [1.29, 1.82) is 5.26 Å². The van der Waals surface area contributed by atoms with Gasteiger partial charge < -0.3 is 21.1 Å². The summed E-state index contributed by atoms with van der Waals surface area (Å²) in [5, 5.41) is 14.5. The van der Waals surface area contributed by atoms with Crippen LogP contribution in [0, 0.1) is 17.2 Å². The molecule has 3 rings (SSSR count). The molecule has 7 nitrogen and oxygen atoms in total. The number of nitriles is 1. The molecule has 2 aliphatic rings. The number of nitrogens with two attached hydrogens (primary N) is 1. The first-order valence-electron chi connectivity index (χ1n) is 10.3. The van der Waals surface area contributed by atoms with Crippen LogP contribution in [0.25, 0.3) is 0 Å². The van der Waals surface area contributed by atoms with Crippen LogP contribution in [0.5, 0.6) is 5.75 Å². The van der Waals surface area contributed by atoms with Gasteiger partial charge in [-0.3, -0.25) is 9.59 Å². The van der Waals surface area contributed by atoms with E-state index >= 15 is 0 Å². The Morgan fingerprint density at radius 1 is 1.23 bits per heavy atom. The molecule has 2 fully saturated rings. The number of alkyl halides is 3. The molecule has 1 aromatic rings. The van der Waals surface area contributed by atoms with E-state index in [0.717, 1.165) is 12.5 Å². The van der Waals surface area contributed by atoms with Crippen LogP contribution in [0.1, 0.15) is 56.1 Å². The van der Waals surface area contributed by atoms with E-state index in [4.69, 9.17) is 11.0 Å². The lowest BCUT2D eigenvalue weighted by Crippen LogP contribution is -2.60. The minimum absolute atomic E-state index is 0.0239. The number of carbonyl (C=O) groups is 2. The van der Waals surface area contributed by atoms with E-state index in [1.165, 1.54) is 12.1 Å². The number of halogens is 3. The van der Waals surface area contributed by atoms with Crippen molar-refractivity contribution < 1.29 is 27.5 Å². The summed E-state index contributed by atoms with van der Waals surface area (Å²) in [5.74, 6) is -1.19. The van der Waals surface area contributed by atoms with Crippen LogP contribution in [0.2, 0.25) is 0 Å². The molecule has 2 amide bonds. The largest absolute Gasteiger partial charge is 0.573 e. The first-order valence-corrected chi connectivity index (χ1v) is 10.3. The second-order valence-corrected chi connectivity index (χ2v) is 8.23. The predicted octanol–water partition coefficient (Wildman–Crippen LogP) is 2.63. The standard InChI is InChI=1S/C21H25F3N4O3/c22-21(23,24)31-17-10-13(11-25)2-3-15(17)12-27-18(29)14-4-6-16(7-5-14)28-19(30)20(26)8-1-9-20/h2-3,10,14,16H,1,4-9,12,26H2,(H,27,29)(H,28,30)/t14-,16+. The summed E-state index contributed by atoms with van der Waals surface area (Å²) in [5.41, 5.74) is 5.42. The van der Waals surface area contributed by atoms with Gasteiger partial charge in [-0.1, -0.05) is 6.07 Å². The lowest BCUT2D eigenvalue weighted by molar-refractivity contribution is -0.274. The molecule has 0 spiro atoms. The van der Waals surface area contributed by atoms with Crippen molar-refractivity contribution in [2.45, 2.75) is 69.4 Å². The molecule has 1 aromatic carbocycles. The van der Waals surface area contributed by atoms with Crippen molar-refractivity contribution in [3.8, 4) is 11.8 Å². The van der Waals surface area contributed by atoms with E-state index < -0.39 is 17.7 Å². The van der Waals surface area contributed by atoms with Gasteiger partial charge in [0.25, 0.3) is 0 Å². The van der Waals surface area contributed by atoms with Gasteiger partial charge >= 0.3 is 6.36 Å². The van der Waals surface area contributed by atoms with Gasteiger partial charge in [0.15, 0.2) is 0 Å². The molecule has 2 saturated carbocycles. The van der Waals surface area contributed by atoms with Gasteiger partial charge in [0.05, 0.1) is 17.2 Å². The van der Waals surface area contributed by atoms with Crippen molar-refractivity contribution in [2.24, 2.45) is 11.7 Å². The minimum Gasteiger partial charge on any atom is -0.405 e. The number of benzene rings is 1. The zero-order valence-electron chi connectivity index (χ0n) is 16.9. The van der Waals surface area contributed by atoms with Crippen LogP contribution >= 0.6 is 0 Å². The number of hydrogen-bond donors (Lipinski definition) is 3. The lowest BCUT2D eigenvalue weighted by Gasteiger charge is -2.38. The Morgan fingerprint density at radius 3 is 2.45 bits per heavy atom. The van der Waals surface area contributed by atoms with Gasteiger partial charge in [-0.15, -0.1) is 13.2 Å². The van der Waals surface area contributed by atoms with Gasteiger partial charge in [-0.25, -0.2) is 0 Å². The Labute approximate surface area is 178 Å². The molecule has 0 bridgehead atoms. The topological polar surface area (TPSA) is 117 Å². The third-order valence-corrected chi connectivity index (χ3v) is 6.01. The predicted molar refractivity (Wildman–Crippen MR) is 104 cm³/mol. The Morgan fingerprint density at radius 2 is 1.90 bits per heavy atom. The second-order valence-electron chi connectivity index (χ2n) is 8.23. The first-order chi connectivity index (χ1) is 14.6. The Kier molecular flexibility index (Phi) is 6.74. The highest BCUT2D eigenvalue weighted by atomic mass is 19.4. The molecule has 0 aromatic heterocycles. The molecule has 4 N–H and O–H groups in total. The molecule has 0 radical (unpaired) electrons. The number of carbonyl (C=O) groups excluding carboxylic acids is 2. The van der Waals surface area contributed by atoms with E-state index in [2.05, 4.69) is 15.4 Å². The zero-order chi connectivity index (χ0) is 22.6. The third-order valence-electron chi connectivity index (χ3n) is 6.01. The maximum absolute atomic E-state index is 12.6. The summed E-state index contributed by atoms with van der Waals surface area (Å²) in [6.07, 6.45) is -0.180. The molecule has 0 atom stereocenters. The van der Waals surface area contributed by atoms with Gasteiger partial charge in [0.2, 0.25) is 11.8 Å². The molecule has 31 heavy (non-hydrogen) atoms. The first kappa shape index (κ1) is 22.9. The van der Waals surface area contributed by atoms with E-state index in [-0.39, 0.29) is 41.4 Å². The highest BCUT2D eigenvalue weighted by Gasteiger charge is 2.41. The average Bonchev–Trinajstić information content (AvgIpc) is 2.70. The maximum atomic E-state index is 12.6. The number of nitrogens with zero attached hydrogens (tertiary/aromatic N) is 1. The zero-order valence-corrected chi connectivity index (χ0v) is 16.9. The van der Waals surface area contributed by atoms with Gasteiger partial charge in [-0.05, 0) is 57.1 Å². The lowest BCUT2D eigenvalue weighted by atomic mass is 9.76. The fraction of sp³-hybridized carbons (Fsp3) is 0.571. The minimum atomic E-state index is -4.91. The van der Waals surface area contributed by atoms with Crippen molar-refractivity contribution in [1.82, 2.24) is 10.6 Å². The normalized spacial score (nSPS) is 22.5. The molecule has 168 valence electrons. The van der Waals surface area contributed by atoms with Crippen LogP contribution in [0.15, 0.2) is 18.2 Å². The summed E-state index contributed by atoms with van der Waals surface area (Å²) >= 11 is 0. The molecule has 2 aliphatic carbocycles. The number of hydrogen-bond acceptors (Lipinski definition) is 5. The van der Waals surface area contributed by atoms with Crippen molar-refractivity contribution in [3.63, 3.8) is 0 Å². The summed E-state index contributed by atoms with van der Waals surface area (Å²) < 4.78 is 41.9. The fourth-order valence-electron chi connectivity index (χ4n) is 3.93. The fourth-order valence-corrected chi connectivity index (χ4v) is 3.93. The molecule has 0 saturated heterocycles. The summed E-state index contributed by atoms with van der Waals surface area (Å²) in [6.45, 7) is -0.150. The molecule has 0 heterocycles. The van der Waals surface area contributed by atoms with E-state index in [1.807, 2.05) is 0 Å². The van der Waals surface area contributed by atoms with Crippen molar-refractivity contribution >= 4 is 11.8 Å². The summed E-state index contributed by atoms with van der Waals surface area (Å²) in [7, 11) is 0. The van der Waals surface area contributed by atoms with Crippen LogP contribution < -0.4 is 21.1 Å². The smallest absolute Gasteiger partial charge is 0.405 e. The van der Waals surface area contributed by atoms with Crippen LogP contribution in [0.3, 0.4) is 0 Å². The highest BCUT2D eigenvalue weighted by molar-refractivity contribution is 5.87. The number of ether oxygens (including phenoxy) is 1. The van der Waals surface area contributed by atoms with Crippen LogP contribution in [-0.2, 0) is 16.1 Å². The van der Waals surface area contributed by atoms with Gasteiger partial charge in [-0.2, -0.15) is 5.26 Å². The maximum Gasteiger partial charge on any atom is 0.573 e. The highest BCUT2D eigenvalue weighted by Crippen LogP contribution is 2.31. The van der Waals surface area contributed by atoms with Crippen molar-refractivity contribution in [2.75, 3.05) is 0 Å². The molecular formula is C21H25F3N4O3. The van der Waals surface area contributed by atoms with E-state index in [0.29, 0.717) is 38.5 Å². The Hall–Kier alpha value is -2.80. The van der Waals surface area contributed by atoms with E-state index in [9.17, 15) is 22.8 Å². The molecule has 0 unspecified atom stereocenters. The van der Waals surface area contributed by atoms with Crippen LogP contribution in [0.4, 0.5) is 13.2 Å².